The zero-order chi connectivity index (χ0) is 23.0. The van der Waals surface area contributed by atoms with E-state index in [1.165, 1.54) is 30.7 Å². The minimum absolute atomic E-state index is 0.0618. The molecule has 0 bridgehead atoms. The number of furan rings is 1. The van der Waals surface area contributed by atoms with Crippen molar-refractivity contribution in [1.29, 1.82) is 0 Å². The molecule has 3 rings (SSSR count). The second kappa shape index (κ2) is 11.1. The van der Waals surface area contributed by atoms with Crippen molar-refractivity contribution in [3.05, 3.63) is 82.4 Å². The van der Waals surface area contributed by atoms with Gasteiger partial charge in [-0.2, -0.15) is 0 Å². The van der Waals surface area contributed by atoms with Crippen LogP contribution in [0.2, 0.25) is 10.0 Å². The van der Waals surface area contributed by atoms with E-state index in [2.05, 4.69) is 20.3 Å². The fourth-order valence-electron chi connectivity index (χ4n) is 2.56. The average molecular weight is 495 g/mol. The van der Waals surface area contributed by atoms with Crippen LogP contribution in [0.4, 0.5) is 5.82 Å². The van der Waals surface area contributed by atoms with Crippen LogP contribution in [0.3, 0.4) is 0 Å². The number of nitrogens with one attached hydrogen (secondary N) is 3. The number of carbonyl (C=O) groups excluding carboxylic acids is 1. The van der Waals surface area contributed by atoms with Crippen molar-refractivity contribution in [3.63, 3.8) is 0 Å². The van der Waals surface area contributed by atoms with Gasteiger partial charge < -0.3 is 15.1 Å². The molecule has 2 aromatic heterocycles. The molecule has 1 amide bonds. The first-order chi connectivity index (χ1) is 15.3. The van der Waals surface area contributed by atoms with Gasteiger partial charge in [0.2, 0.25) is 15.9 Å². The maximum absolute atomic E-state index is 12.3. The highest BCUT2D eigenvalue weighted by molar-refractivity contribution is 7.89. The molecule has 1 aromatic carbocycles. The van der Waals surface area contributed by atoms with Crippen LogP contribution in [0.25, 0.3) is 6.08 Å². The molecule has 0 spiro atoms. The summed E-state index contributed by atoms with van der Waals surface area (Å²) >= 11 is 11.8. The van der Waals surface area contributed by atoms with Crippen LogP contribution in [-0.2, 0) is 21.4 Å². The van der Waals surface area contributed by atoms with Gasteiger partial charge in [0.25, 0.3) is 0 Å². The van der Waals surface area contributed by atoms with Gasteiger partial charge in [-0.25, -0.2) is 18.1 Å². The zero-order valence-electron chi connectivity index (χ0n) is 16.7. The van der Waals surface area contributed by atoms with Crippen molar-refractivity contribution < 1.29 is 17.6 Å². The van der Waals surface area contributed by atoms with E-state index in [1.807, 2.05) is 0 Å². The van der Waals surface area contributed by atoms with E-state index >= 15 is 0 Å². The maximum atomic E-state index is 12.3. The molecule has 0 aliphatic heterocycles. The number of rotatable bonds is 10. The molecule has 3 N–H and O–H groups in total. The van der Waals surface area contributed by atoms with E-state index in [4.69, 9.17) is 27.6 Å². The van der Waals surface area contributed by atoms with E-state index < -0.39 is 10.0 Å². The number of carbonyl (C=O) groups is 1. The molecule has 11 heteroatoms. The predicted molar refractivity (Wildman–Crippen MR) is 124 cm³/mol. The van der Waals surface area contributed by atoms with E-state index in [9.17, 15) is 13.2 Å². The topological polar surface area (TPSA) is 113 Å². The predicted octanol–water partition coefficient (Wildman–Crippen LogP) is 3.70. The maximum Gasteiger partial charge on any atom is 0.244 e. The van der Waals surface area contributed by atoms with Crippen molar-refractivity contribution >= 4 is 51.0 Å². The molecular weight excluding hydrogens is 475 g/mol. The van der Waals surface area contributed by atoms with Crippen molar-refractivity contribution in [3.8, 4) is 0 Å². The summed E-state index contributed by atoms with van der Waals surface area (Å²) in [5, 5.41) is 6.55. The Hall–Kier alpha value is -2.85. The van der Waals surface area contributed by atoms with Crippen LogP contribution >= 0.6 is 23.2 Å². The largest absolute Gasteiger partial charge is 0.468 e. The van der Waals surface area contributed by atoms with E-state index in [0.29, 0.717) is 40.3 Å². The highest BCUT2D eigenvalue weighted by atomic mass is 35.5. The van der Waals surface area contributed by atoms with E-state index in [0.717, 1.165) is 0 Å². The van der Waals surface area contributed by atoms with Gasteiger partial charge in [-0.05, 0) is 42.0 Å². The molecule has 0 fully saturated rings. The summed E-state index contributed by atoms with van der Waals surface area (Å²) in [5.41, 5.74) is 0.681. The number of halogens is 2. The second-order valence-corrected chi connectivity index (χ2v) is 9.12. The van der Waals surface area contributed by atoms with Crippen molar-refractivity contribution in [2.45, 2.75) is 11.4 Å². The van der Waals surface area contributed by atoms with Crippen LogP contribution in [0.5, 0.6) is 0 Å². The number of amides is 1. The van der Waals surface area contributed by atoms with Crippen molar-refractivity contribution in [2.75, 3.05) is 18.4 Å². The third-order valence-electron chi connectivity index (χ3n) is 4.16. The second-order valence-electron chi connectivity index (χ2n) is 6.51. The number of hydrogen-bond acceptors (Lipinski definition) is 6. The molecular formula is C21H20Cl2N4O4S. The number of hydrogen-bond donors (Lipinski definition) is 3. The van der Waals surface area contributed by atoms with Gasteiger partial charge in [0.05, 0.1) is 27.7 Å². The third-order valence-corrected chi connectivity index (χ3v) is 6.07. The fraction of sp³-hybridized carbons (Fsp3) is 0.143. The number of sulfonamides is 1. The lowest BCUT2D eigenvalue weighted by Crippen LogP contribution is -2.27. The Balaban J connectivity index is 1.44. The lowest BCUT2D eigenvalue weighted by atomic mass is 10.2. The van der Waals surface area contributed by atoms with Crippen LogP contribution in [0.1, 0.15) is 11.3 Å². The summed E-state index contributed by atoms with van der Waals surface area (Å²) in [4.78, 5) is 16.1. The summed E-state index contributed by atoms with van der Waals surface area (Å²) in [6, 6.07) is 11.1. The smallest absolute Gasteiger partial charge is 0.244 e. The molecule has 32 heavy (non-hydrogen) atoms. The minimum Gasteiger partial charge on any atom is -0.468 e. The molecule has 0 aliphatic rings. The molecule has 0 radical (unpaired) electrons. The van der Waals surface area contributed by atoms with Gasteiger partial charge in [-0.3, -0.25) is 4.79 Å². The van der Waals surface area contributed by atoms with E-state index in [-0.39, 0.29) is 17.3 Å². The number of nitrogens with zero attached hydrogens (tertiary/aromatic N) is 1. The first-order valence-electron chi connectivity index (χ1n) is 9.46. The molecule has 0 saturated heterocycles. The molecule has 2 heterocycles. The quantitative estimate of drug-likeness (QED) is 0.292. The lowest BCUT2D eigenvalue weighted by Gasteiger charge is -2.07. The van der Waals surface area contributed by atoms with Gasteiger partial charge in [-0.15, -0.1) is 0 Å². The van der Waals surface area contributed by atoms with Gasteiger partial charge in [0, 0.05) is 25.4 Å². The van der Waals surface area contributed by atoms with Crippen molar-refractivity contribution in [2.24, 2.45) is 0 Å². The molecule has 3 aromatic rings. The normalized spacial score (nSPS) is 11.6. The summed E-state index contributed by atoms with van der Waals surface area (Å²) in [6.07, 6.45) is 5.91. The number of anilines is 1. The van der Waals surface area contributed by atoms with E-state index in [1.54, 1.807) is 36.4 Å². The molecule has 0 atom stereocenters. The summed E-state index contributed by atoms with van der Waals surface area (Å²) < 4.78 is 32.2. The zero-order valence-corrected chi connectivity index (χ0v) is 19.0. The van der Waals surface area contributed by atoms with Gasteiger partial charge in [-0.1, -0.05) is 35.3 Å². The Morgan fingerprint density at radius 1 is 1.12 bits per heavy atom. The van der Waals surface area contributed by atoms with Crippen LogP contribution < -0.4 is 15.4 Å². The van der Waals surface area contributed by atoms with Gasteiger partial charge in [0.15, 0.2) is 0 Å². The first-order valence-corrected chi connectivity index (χ1v) is 11.7. The van der Waals surface area contributed by atoms with Gasteiger partial charge >= 0.3 is 0 Å². The SMILES string of the molecule is O=C(/C=C/c1ccc(S(=O)(=O)NCc2ccco2)cc1)NCCNc1ncc(Cl)cc1Cl. The number of benzene rings is 1. The fourth-order valence-corrected chi connectivity index (χ4v) is 4.00. The molecule has 168 valence electrons. The summed E-state index contributed by atoms with van der Waals surface area (Å²) in [7, 11) is -3.67. The number of aromatic nitrogens is 1. The highest BCUT2D eigenvalue weighted by Gasteiger charge is 2.14. The molecule has 8 nitrogen and oxygen atoms in total. The lowest BCUT2D eigenvalue weighted by molar-refractivity contribution is -0.116. The Labute approximate surface area is 195 Å². The third kappa shape index (κ3) is 7.10. The van der Waals surface area contributed by atoms with Crippen LogP contribution in [0, 0.1) is 0 Å². The van der Waals surface area contributed by atoms with Crippen molar-refractivity contribution in [1.82, 2.24) is 15.0 Å². The minimum atomic E-state index is -3.67. The Bertz CT molecular complexity index is 1180. The Kier molecular flexibility index (Phi) is 8.29. The summed E-state index contributed by atoms with van der Waals surface area (Å²) in [6.45, 7) is 0.833. The summed E-state index contributed by atoms with van der Waals surface area (Å²) in [5.74, 6) is 0.704. The Morgan fingerprint density at radius 3 is 2.59 bits per heavy atom. The Morgan fingerprint density at radius 2 is 1.91 bits per heavy atom. The van der Waals surface area contributed by atoms with Crippen LogP contribution in [-0.4, -0.2) is 32.4 Å². The average Bonchev–Trinajstić information content (AvgIpc) is 3.29. The number of pyridine rings is 1. The molecule has 0 unspecified atom stereocenters. The van der Waals surface area contributed by atoms with Crippen LogP contribution in [0.15, 0.2) is 70.3 Å². The molecule has 0 aliphatic carbocycles. The molecule has 0 saturated carbocycles. The standard InChI is InChI=1S/C21H20Cl2N4O4S/c22-16-12-19(23)21(26-13-16)25-10-9-24-20(28)8-5-15-3-6-18(7-4-15)32(29,30)27-14-17-2-1-11-31-17/h1-8,11-13,27H,9-10,14H2,(H,24,28)(H,25,26)/b8-5+. The monoisotopic (exact) mass is 494 g/mol. The highest BCUT2D eigenvalue weighted by Crippen LogP contribution is 2.22. The first kappa shape index (κ1) is 23.8. The van der Waals surface area contributed by atoms with Gasteiger partial charge in [0.1, 0.15) is 11.6 Å².